The van der Waals surface area contributed by atoms with Crippen LogP contribution in [0.2, 0.25) is 0 Å². The van der Waals surface area contributed by atoms with Gasteiger partial charge in [0.25, 0.3) is 0 Å². The number of hydrogen-bond acceptors (Lipinski definition) is 1. The van der Waals surface area contributed by atoms with Crippen LogP contribution in [-0.2, 0) is 4.79 Å². The molecule has 0 saturated heterocycles. The van der Waals surface area contributed by atoms with E-state index in [0.29, 0.717) is 18.1 Å². The Hall–Kier alpha value is -0.850. The first kappa shape index (κ1) is 9.24. The predicted molar refractivity (Wildman–Crippen MR) is 50.9 cm³/mol. The van der Waals surface area contributed by atoms with Crippen LogP contribution in [0, 0.1) is 5.92 Å². The monoisotopic (exact) mass is 164 g/mol. The molecule has 0 unspecified atom stereocenters. The number of Topliss-reactive ketones (excluding diaryl/α,β-unsaturated/α-hetero) is 1. The average Bonchev–Trinajstić information content (AvgIpc) is 2.08. The van der Waals surface area contributed by atoms with E-state index in [2.05, 4.69) is 19.1 Å². The van der Waals surface area contributed by atoms with E-state index in [1.807, 2.05) is 13.8 Å². The van der Waals surface area contributed by atoms with Gasteiger partial charge in [0.1, 0.15) is 0 Å². The molecule has 66 valence electrons. The van der Waals surface area contributed by atoms with E-state index >= 15 is 0 Å². The van der Waals surface area contributed by atoms with Crippen LogP contribution in [0.1, 0.15) is 33.6 Å². The predicted octanol–water partition coefficient (Wildman–Crippen LogP) is 2.88. The lowest BCUT2D eigenvalue weighted by Crippen LogP contribution is -2.14. The van der Waals surface area contributed by atoms with E-state index in [9.17, 15) is 4.79 Å². The molecule has 0 aromatic rings. The van der Waals surface area contributed by atoms with Crippen molar-refractivity contribution < 1.29 is 4.79 Å². The molecular weight excluding hydrogens is 148 g/mol. The molecule has 0 spiro atoms. The van der Waals surface area contributed by atoms with Gasteiger partial charge in [-0.3, -0.25) is 4.79 Å². The van der Waals surface area contributed by atoms with Gasteiger partial charge in [-0.2, -0.15) is 0 Å². The van der Waals surface area contributed by atoms with E-state index in [4.69, 9.17) is 0 Å². The van der Waals surface area contributed by atoms with Gasteiger partial charge in [-0.15, -0.1) is 0 Å². The summed E-state index contributed by atoms with van der Waals surface area (Å²) in [7, 11) is 0. The topological polar surface area (TPSA) is 17.1 Å². The summed E-state index contributed by atoms with van der Waals surface area (Å²) >= 11 is 0. The van der Waals surface area contributed by atoms with Gasteiger partial charge in [0.2, 0.25) is 0 Å². The number of hydrogen-bond donors (Lipinski definition) is 0. The second-order valence-corrected chi connectivity index (χ2v) is 3.48. The van der Waals surface area contributed by atoms with Gasteiger partial charge in [-0.25, -0.2) is 0 Å². The second-order valence-electron chi connectivity index (χ2n) is 3.48. The van der Waals surface area contributed by atoms with Crippen molar-refractivity contribution in [3.8, 4) is 0 Å². The molecule has 1 aliphatic rings. The Morgan fingerprint density at radius 1 is 1.67 bits per heavy atom. The fraction of sp³-hybridized carbons (Fsp3) is 0.545. The van der Waals surface area contributed by atoms with Crippen molar-refractivity contribution in [3.05, 3.63) is 23.3 Å². The highest BCUT2D eigenvalue weighted by Crippen LogP contribution is 2.26. The second kappa shape index (κ2) is 3.70. The highest BCUT2D eigenvalue weighted by molar-refractivity contribution is 5.95. The average molecular weight is 164 g/mol. The quantitative estimate of drug-likeness (QED) is 0.545. The molecule has 0 radical (unpaired) electrons. The van der Waals surface area contributed by atoms with Crippen LogP contribution in [-0.4, -0.2) is 5.78 Å². The Morgan fingerprint density at radius 2 is 2.33 bits per heavy atom. The summed E-state index contributed by atoms with van der Waals surface area (Å²) in [5.74, 6) is 0.777. The first-order valence-corrected chi connectivity index (χ1v) is 4.48. The van der Waals surface area contributed by atoms with E-state index < -0.39 is 0 Å². The highest BCUT2D eigenvalue weighted by Gasteiger charge is 2.19. The van der Waals surface area contributed by atoms with Gasteiger partial charge < -0.3 is 0 Å². The van der Waals surface area contributed by atoms with Crippen molar-refractivity contribution in [2.75, 3.05) is 0 Å². The number of carbonyl (C=O) groups is 1. The third kappa shape index (κ3) is 1.84. The molecule has 1 aliphatic carbocycles. The molecule has 0 fully saturated rings. The molecule has 0 aliphatic heterocycles. The maximum atomic E-state index is 11.3. The minimum atomic E-state index is 0.312. The minimum Gasteiger partial charge on any atom is -0.295 e. The molecule has 0 heterocycles. The first-order valence-electron chi connectivity index (χ1n) is 4.48. The molecule has 0 bridgehead atoms. The van der Waals surface area contributed by atoms with Crippen LogP contribution in [0.25, 0.3) is 0 Å². The van der Waals surface area contributed by atoms with Crippen molar-refractivity contribution in [3.63, 3.8) is 0 Å². The largest absolute Gasteiger partial charge is 0.295 e. The van der Waals surface area contributed by atoms with Crippen LogP contribution in [0.5, 0.6) is 0 Å². The zero-order chi connectivity index (χ0) is 9.14. The third-order valence-corrected chi connectivity index (χ3v) is 2.68. The summed E-state index contributed by atoms with van der Waals surface area (Å²) < 4.78 is 0. The van der Waals surface area contributed by atoms with E-state index in [0.717, 1.165) is 12.0 Å². The molecule has 0 saturated carbocycles. The Balaban J connectivity index is 2.72. The third-order valence-electron chi connectivity index (χ3n) is 2.68. The zero-order valence-corrected chi connectivity index (χ0v) is 8.05. The van der Waals surface area contributed by atoms with Crippen molar-refractivity contribution >= 4 is 5.78 Å². The summed E-state index contributed by atoms with van der Waals surface area (Å²) in [5.41, 5.74) is 2.28. The van der Waals surface area contributed by atoms with E-state index in [1.54, 1.807) is 0 Å². The smallest absolute Gasteiger partial charge is 0.158 e. The van der Waals surface area contributed by atoms with Crippen LogP contribution in [0.3, 0.4) is 0 Å². The van der Waals surface area contributed by atoms with Gasteiger partial charge in [0.15, 0.2) is 5.78 Å². The van der Waals surface area contributed by atoms with Gasteiger partial charge >= 0.3 is 0 Å². The lowest BCUT2D eigenvalue weighted by atomic mass is 9.84. The molecule has 0 amide bonds. The summed E-state index contributed by atoms with van der Waals surface area (Å²) in [5, 5.41) is 0. The SMILES string of the molecule is C/C=C(\C)[C@H]1CC=C(C)C(=O)C1. The molecule has 12 heavy (non-hydrogen) atoms. The summed E-state index contributed by atoms with van der Waals surface area (Å²) in [6.45, 7) is 6.04. The van der Waals surface area contributed by atoms with Gasteiger partial charge in [-0.05, 0) is 38.7 Å². The number of ketones is 1. The maximum Gasteiger partial charge on any atom is 0.158 e. The van der Waals surface area contributed by atoms with Crippen LogP contribution >= 0.6 is 0 Å². The summed E-state index contributed by atoms with van der Waals surface area (Å²) in [6, 6.07) is 0. The lowest BCUT2D eigenvalue weighted by molar-refractivity contribution is -0.116. The van der Waals surface area contributed by atoms with Crippen LogP contribution in [0.4, 0.5) is 0 Å². The lowest BCUT2D eigenvalue weighted by Gasteiger charge is -2.19. The Morgan fingerprint density at radius 3 is 2.83 bits per heavy atom. The van der Waals surface area contributed by atoms with Crippen LogP contribution in [0.15, 0.2) is 23.3 Å². The number of allylic oxidation sites excluding steroid dienone is 4. The molecule has 0 N–H and O–H groups in total. The normalized spacial score (nSPS) is 25.6. The van der Waals surface area contributed by atoms with Gasteiger partial charge in [0.05, 0.1) is 0 Å². The minimum absolute atomic E-state index is 0.312. The summed E-state index contributed by atoms with van der Waals surface area (Å²) in [6.07, 6.45) is 5.90. The molecule has 1 atom stereocenters. The van der Waals surface area contributed by atoms with Crippen molar-refractivity contribution in [1.82, 2.24) is 0 Å². The van der Waals surface area contributed by atoms with Gasteiger partial charge in [-0.1, -0.05) is 17.7 Å². The summed E-state index contributed by atoms with van der Waals surface area (Å²) in [4.78, 5) is 11.3. The maximum absolute atomic E-state index is 11.3. The molecule has 0 aromatic carbocycles. The van der Waals surface area contributed by atoms with Crippen molar-refractivity contribution in [2.24, 2.45) is 5.92 Å². The van der Waals surface area contributed by atoms with Crippen LogP contribution < -0.4 is 0 Å². The van der Waals surface area contributed by atoms with Crippen molar-refractivity contribution in [1.29, 1.82) is 0 Å². The fourth-order valence-corrected chi connectivity index (χ4v) is 1.48. The Labute approximate surface area is 74.2 Å². The Bertz CT molecular complexity index is 246. The van der Waals surface area contributed by atoms with Crippen molar-refractivity contribution in [2.45, 2.75) is 33.6 Å². The molecule has 1 heteroatoms. The molecule has 1 nitrogen and oxygen atoms in total. The highest BCUT2D eigenvalue weighted by atomic mass is 16.1. The number of carbonyl (C=O) groups excluding carboxylic acids is 1. The zero-order valence-electron chi connectivity index (χ0n) is 8.05. The number of rotatable bonds is 1. The Kier molecular flexibility index (Phi) is 2.85. The molecule has 0 aromatic heterocycles. The standard InChI is InChI=1S/C11H16O/c1-4-8(2)10-6-5-9(3)11(12)7-10/h4-5,10H,6-7H2,1-3H3/b8-4+/t10-/m0/s1. The van der Waals surface area contributed by atoms with E-state index in [1.165, 1.54) is 5.57 Å². The molecule has 1 rings (SSSR count). The molecular formula is C11H16O. The van der Waals surface area contributed by atoms with E-state index in [-0.39, 0.29) is 0 Å². The first-order chi connectivity index (χ1) is 5.65. The van der Waals surface area contributed by atoms with Gasteiger partial charge in [0, 0.05) is 6.42 Å². The fourth-order valence-electron chi connectivity index (χ4n) is 1.48.